The normalized spacial score (nSPS) is 15.6. The summed E-state index contributed by atoms with van der Waals surface area (Å²) in [5.41, 5.74) is 1.91. The van der Waals surface area contributed by atoms with Gasteiger partial charge in [0.05, 0.1) is 22.6 Å². The SMILES string of the molecule is CCCC(C)CN1CCC(c2cccc(C#N)c2)(c2ncc(C(=O)N(CC)CC)cn2)CC1.CCNCC. The third-order valence-corrected chi connectivity index (χ3v) is 7.48. The summed E-state index contributed by atoms with van der Waals surface area (Å²) in [5.74, 6) is 1.40. The second-order valence-corrected chi connectivity index (χ2v) is 10.2. The summed E-state index contributed by atoms with van der Waals surface area (Å²) in [6.45, 7) is 19.3. The van der Waals surface area contributed by atoms with Crippen molar-refractivity contribution in [2.24, 2.45) is 5.92 Å². The highest BCUT2D eigenvalue weighted by molar-refractivity contribution is 5.93. The van der Waals surface area contributed by atoms with Gasteiger partial charge in [-0.1, -0.05) is 46.2 Å². The van der Waals surface area contributed by atoms with Crippen LogP contribution in [0.15, 0.2) is 36.7 Å². The first-order valence-electron chi connectivity index (χ1n) is 14.4. The van der Waals surface area contributed by atoms with Crippen LogP contribution in [0.2, 0.25) is 0 Å². The van der Waals surface area contributed by atoms with Crippen LogP contribution in [0.3, 0.4) is 0 Å². The van der Waals surface area contributed by atoms with Crippen molar-refractivity contribution in [3.05, 3.63) is 59.2 Å². The first-order chi connectivity index (χ1) is 18.4. The molecule has 0 aliphatic carbocycles. The molecule has 7 nitrogen and oxygen atoms in total. The maximum atomic E-state index is 12.7. The number of aromatic nitrogens is 2. The number of carbonyl (C=O) groups is 1. The minimum absolute atomic E-state index is 0.0354. The molecule has 1 fully saturated rings. The Hall–Kier alpha value is -2.82. The van der Waals surface area contributed by atoms with E-state index in [4.69, 9.17) is 9.97 Å². The molecule has 0 saturated carbocycles. The molecule has 1 aromatic heterocycles. The van der Waals surface area contributed by atoms with Crippen LogP contribution in [0.1, 0.15) is 94.5 Å². The number of amides is 1. The Labute approximate surface area is 230 Å². The van der Waals surface area contributed by atoms with Crippen molar-refractivity contribution < 1.29 is 4.79 Å². The van der Waals surface area contributed by atoms with Gasteiger partial charge in [0.15, 0.2) is 0 Å². The number of piperidine rings is 1. The van der Waals surface area contributed by atoms with E-state index in [0.29, 0.717) is 30.1 Å². The smallest absolute Gasteiger partial charge is 0.256 e. The van der Waals surface area contributed by atoms with Crippen LogP contribution < -0.4 is 5.32 Å². The molecule has 0 bridgehead atoms. The summed E-state index contributed by atoms with van der Waals surface area (Å²) >= 11 is 0. The van der Waals surface area contributed by atoms with Crippen molar-refractivity contribution in [2.75, 3.05) is 45.8 Å². The molecular formula is C31H48N6O. The Morgan fingerprint density at radius 1 is 1.11 bits per heavy atom. The Balaban J connectivity index is 0.000000926. The van der Waals surface area contributed by atoms with E-state index in [1.807, 2.05) is 32.0 Å². The van der Waals surface area contributed by atoms with Crippen LogP contribution >= 0.6 is 0 Å². The zero-order valence-corrected chi connectivity index (χ0v) is 24.5. The lowest BCUT2D eigenvalue weighted by Gasteiger charge is -2.42. The molecule has 1 aromatic carbocycles. The predicted molar refractivity (Wildman–Crippen MR) is 155 cm³/mol. The summed E-state index contributed by atoms with van der Waals surface area (Å²) in [7, 11) is 0. The molecule has 1 aliphatic heterocycles. The van der Waals surface area contributed by atoms with E-state index in [-0.39, 0.29) is 11.3 Å². The topological polar surface area (TPSA) is 85.2 Å². The fourth-order valence-corrected chi connectivity index (χ4v) is 5.30. The molecule has 7 heteroatoms. The van der Waals surface area contributed by atoms with Crippen molar-refractivity contribution in [3.8, 4) is 6.07 Å². The Bertz CT molecular complexity index is 1000. The highest BCUT2D eigenvalue weighted by Crippen LogP contribution is 2.40. The third kappa shape index (κ3) is 8.34. The molecule has 0 spiro atoms. The van der Waals surface area contributed by atoms with Gasteiger partial charge in [0.1, 0.15) is 5.82 Å². The van der Waals surface area contributed by atoms with E-state index < -0.39 is 0 Å². The number of rotatable bonds is 11. The highest BCUT2D eigenvalue weighted by Gasteiger charge is 2.40. The van der Waals surface area contributed by atoms with Crippen molar-refractivity contribution in [1.82, 2.24) is 25.1 Å². The summed E-state index contributed by atoms with van der Waals surface area (Å²) in [5, 5.41) is 12.6. The number of nitrogens with one attached hydrogen (secondary N) is 1. The molecule has 3 rings (SSSR count). The van der Waals surface area contributed by atoms with E-state index in [1.54, 1.807) is 17.3 Å². The van der Waals surface area contributed by atoms with Gasteiger partial charge in [-0.15, -0.1) is 0 Å². The number of nitrogens with zero attached hydrogens (tertiary/aromatic N) is 5. The maximum absolute atomic E-state index is 12.7. The lowest BCUT2D eigenvalue weighted by molar-refractivity contribution is 0.0771. The Morgan fingerprint density at radius 3 is 2.24 bits per heavy atom. The molecule has 1 atom stereocenters. The molecule has 1 aliphatic rings. The number of hydrogen-bond acceptors (Lipinski definition) is 6. The Kier molecular flexibility index (Phi) is 13.4. The second kappa shape index (κ2) is 16.2. The average molecular weight is 521 g/mol. The van der Waals surface area contributed by atoms with Crippen LogP contribution in [0.25, 0.3) is 0 Å². The number of benzene rings is 1. The molecule has 1 amide bonds. The molecule has 0 radical (unpaired) electrons. The van der Waals surface area contributed by atoms with E-state index in [0.717, 1.165) is 57.0 Å². The number of nitriles is 1. The van der Waals surface area contributed by atoms with E-state index in [1.165, 1.54) is 12.8 Å². The zero-order valence-electron chi connectivity index (χ0n) is 24.5. The first-order valence-corrected chi connectivity index (χ1v) is 14.4. The van der Waals surface area contributed by atoms with Crippen LogP contribution in [0.5, 0.6) is 0 Å². The van der Waals surface area contributed by atoms with E-state index in [9.17, 15) is 10.1 Å². The lowest BCUT2D eigenvalue weighted by atomic mass is 9.71. The number of likely N-dealkylation sites (tertiary alicyclic amines) is 1. The maximum Gasteiger partial charge on any atom is 0.256 e. The summed E-state index contributed by atoms with van der Waals surface area (Å²) in [6.07, 6.45) is 7.60. The van der Waals surface area contributed by atoms with Crippen LogP contribution in [0.4, 0.5) is 0 Å². The van der Waals surface area contributed by atoms with Crippen molar-refractivity contribution in [2.45, 2.75) is 72.6 Å². The van der Waals surface area contributed by atoms with Gasteiger partial charge < -0.3 is 15.1 Å². The molecule has 1 N–H and O–H groups in total. The minimum atomic E-state index is -0.353. The van der Waals surface area contributed by atoms with Crippen LogP contribution in [-0.4, -0.2) is 71.5 Å². The van der Waals surface area contributed by atoms with Gasteiger partial charge in [-0.3, -0.25) is 4.79 Å². The van der Waals surface area contributed by atoms with Gasteiger partial charge in [-0.2, -0.15) is 5.26 Å². The van der Waals surface area contributed by atoms with Gasteiger partial charge in [-0.05, 0) is 82.9 Å². The Morgan fingerprint density at radius 2 is 1.74 bits per heavy atom. The van der Waals surface area contributed by atoms with Gasteiger partial charge in [-0.25, -0.2) is 9.97 Å². The first kappa shape index (κ1) is 31.4. The second-order valence-electron chi connectivity index (χ2n) is 10.2. The molecule has 2 heterocycles. The molecule has 1 saturated heterocycles. The van der Waals surface area contributed by atoms with Crippen LogP contribution in [-0.2, 0) is 5.41 Å². The standard InChI is InChI=1S/C27H37N5O.C4H11N/c1-5-9-21(4)20-31-14-12-27(13-15-31,24-11-8-10-22(16-24)17-28)26-29-18-23(19-30-26)25(33)32(6-2)7-3;1-3-5-4-2/h8,10-11,16,18-19,21H,5-7,9,12-15,20H2,1-4H3;5H,3-4H2,1-2H3. The van der Waals surface area contributed by atoms with Gasteiger partial charge in [0, 0.05) is 32.0 Å². The van der Waals surface area contributed by atoms with E-state index >= 15 is 0 Å². The summed E-state index contributed by atoms with van der Waals surface area (Å²) in [6, 6.07) is 10.1. The molecular weight excluding hydrogens is 472 g/mol. The fourth-order valence-electron chi connectivity index (χ4n) is 5.30. The van der Waals surface area contributed by atoms with E-state index in [2.05, 4.69) is 50.0 Å². The van der Waals surface area contributed by atoms with Crippen LogP contribution in [0, 0.1) is 17.2 Å². The summed E-state index contributed by atoms with van der Waals surface area (Å²) < 4.78 is 0. The predicted octanol–water partition coefficient (Wildman–Crippen LogP) is 5.26. The molecule has 38 heavy (non-hydrogen) atoms. The summed E-state index contributed by atoms with van der Waals surface area (Å²) in [4.78, 5) is 26.5. The van der Waals surface area contributed by atoms with Gasteiger partial charge in [0.2, 0.25) is 0 Å². The van der Waals surface area contributed by atoms with Crippen molar-refractivity contribution in [3.63, 3.8) is 0 Å². The monoisotopic (exact) mass is 520 g/mol. The quantitative estimate of drug-likeness (QED) is 0.435. The van der Waals surface area contributed by atoms with Crippen molar-refractivity contribution in [1.29, 1.82) is 5.26 Å². The minimum Gasteiger partial charge on any atom is -0.339 e. The number of carbonyl (C=O) groups excluding carboxylic acids is 1. The molecule has 2 aromatic rings. The average Bonchev–Trinajstić information content (AvgIpc) is 2.95. The molecule has 208 valence electrons. The van der Waals surface area contributed by atoms with Gasteiger partial charge in [0.25, 0.3) is 5.91 Å². The highest BCUT2D eigenvalue weighted by atomic mass is 16.2. The zero-order chi connectivity index (χ0) is 28.0. The largest absolute Gasteiger partial charge is 0.339 e. The molecule has 1 unspecified atom stereocenters. The third-order valence-electron chi connectivity index (χ3n) is 7.48. The number of hydrogen-bond donors (Lipinski definition) is 1. The fraction of sp³-hybridized carbons (Fsp3) is 0.613. The van der Waals surface area contributed by atoms with Crippen molar-refractivity contribution >= 4 is 5.91 Å². The lowest BCUT2D eigenvalue weighted by Crippen LogP contribution is -2.45. The van der Waals surface area contributed by atoms with Gasteiger partial charge >= 0.3 is 0 Å².